The fourth-order valence-corrected chi connectivity index (χ4v) is 2.71. The molecule has 2 heterocycles. The van der Waals surface area contributed by atoms with Crippen LogP contribution >= 0.6 is 27.5 Å². The lowest BCUT2D eigenvalue weighted by Crippen LogP contribution is -2.47. The summed E-state index contributed by atoms with van der Waals surface area (Å²) in [6.45, 7) is 5.78. The molecule has 1 aliphatic rings. The topological polar surface area (TPSA) is 25.4 Å². The number of nitrogens with zero attached hydrogens (tertiary/aromatic N) is 2. The molecule has 2 rings (SSSR count). The van der Waals surface area contributed by atoms with E-state index in [2.05, 4.69) is 39.7 Å². The number of aromatic nitrogens is 1. The van der Waals surface area contributed by atoms with E-state index in [1.54, 1.807) is 0 Å². The van der Waals surface area contributed by atoms with Gasteiger partial charge >= 0.3 is 0 Å². The van der Waals surface area contributed by atoms with Gasteiger partial charge in [0.05, 0.1) is 22.6 Å². The van der Waals surface area contributed by atoms with Crippen molar-refractivity contribution in [3.63, 3.8) is 0 Å². The Labute approximate surface area is 115 Å². The van der Waals surface area contributed by atoms with Gasteiger partial charge in [0.25, 0.3) is 0 Å². The van der Waals surface area contributed by atoms with Crippen molar-refractivity contribution in [1.29, 1.82) is 0 Å². The molecule has 5 heteroatoms. The Morgan fingerprint density at radius 2 is 2.35 bits per heavy atom. The maximum atomic E-state index is 5.89. The van der Waals surface area contributed by atoms with E-state index in [4.69, 9.17) is 16.3 Å². The van der Waals surface area contributed by atoms with Gasteiger partial charge in [-0.2, -0.15) is 0 Å². The predicted octanol–water partition coefficient (Wildman–Crippen LogP) is 2.99. The summed E-state index contributed by atoms with van der Waals surface area (Å²) in [5.74, 6) is 1.50. The maximum absolute atomic E-state index is 5.89. The molecule has 0 bridgehead atoms. The van der Waals surface area contributed by atoms with Crippen LogP contribution in [0.25, 0.3) is 0 Å². The third-order valence-electron chi connectivity index (χ3n) is 2.86. The minimum atomic E-state index is 0.0784. The Morgan fingerprint density at radius 3 is 3.06 bits per heavy atom. The molecule has 1 aromatic heterocycles. The molecule has 0 N–H and O–H groups in total. The van der Waals surface area contributed by atoms with Crippen LogP contribution < -0.4 is 4.90 Å². The van der Waals surface area contributed by atoms with E-state index in [-0.39, 0.29) is 12.2 Å². The van der Waals surface area contributed by atoms with Crippen molar-refractivity contribution in [2.45, 2.75) is 26.1 Å². The molecule has 0 amide bonds. The van der Waals surface area contributed by atoms with E-state index in [9.17, 15) is 0 Å². The lowest BCUT2D eigenvalue weighted by Gasteiger charge is -2.37. The molecule has 1 fully saturated rings. The minimum absolute atomic E-state index is 0.0784. The van der Waals surface area contributed by atoms with E-state index in [0.29, 0.717) is 5.88 Å². The lowest BCUT2D eigenvalue weighted by atomic mass is 10.2. The van der Waals surface area contributed by atoms with E-state index >= 15 is 0 Å². The zero-order chi connectivity index (χ0) is 12.4. The van der Waals surface area contributed by atoms with Crippen molar-refractivity contribution in [2.75, 3.05) is 23.9 Å². The van der Waals surface area contributed by atoms with Crippen molar-refractivity contribution < 1.29 is 4.74 Å². The van der Waals surface area contributed by atoms with Gasteiger partial charge in [-0.3, -0.25) is 0 Å². The first-order chi connectivity index (χ1) is 8.11. The standard InChI is InChI=1S/C12H16BrClN2O/c1-8-3-4-15-12(11(8)13)16-6-9(2)17-10(5-14)7-16/h3-4,9-10H,5-7H2,1-2H3. The number of halogens is 2. The smallest absolute Gasteiger partial charge is 0.143 e. The van der Waals surface area contributed by atoms with Gasteiger partial charge in [-0.1, -0.05) is 0 Å². The first kappa shape index (κ1) is 13.1. The number of pyridine rings is 1. The maximum Gasteiger partial charge on any atom is 0.143 e. The second kappa shape index (κ2) is 5.55. The summed E-state index contributed by atoms with van der Waals surface area (Å²) < 4.78 is 6.80. The number of anilines is 1. The predicted molar refractivity (Wildman–Crippen MR) is 73.9 cm³/mol. The zero-order valence-corrected chi connectivity index (χ0v) is 12.3. The molecule has 94 valence electrons. The van der Waals surface area contributed by atoms with Crippen LogP contribution in [0.2, 0.25) is 0 Å². The Kier molecular flexibility index (Phi) is 4.28. The van der Waals surface area contributed by atoms with Crippen LogP contribution in [0.1, 0.15) is 12.5 Å². The minimum Gasteiger partial charge on any atom is -0.370 e. The van der Waals surface area contributed by atoms with Gasteiger partial charge in [-0.15, -0.1) is 11.6 Å². The number of morpholine rings is 1. The van der Waals surface area contributed by atoms with Gasteiger partial charge in [0.15, 0.2) is 0 Å². The summed E-state index contributed by atoms with van der Waals surface area (Å²) in [5.41, 5.74) is 1.19. The molecule has 3 nitrogen and oxygen atoms in total. The number of aryl methyl sites for hydroxylation is 1. The number of rotatable bonds is 2. The summed E-state index contributed by atoms with van der Waals surface area (Å²) in [6, 6.07) is 2.00. The van der Waals surface area contributed by atoms with Crippen molar-refractivity contribution >= 4 is 33.3 Å². The molecule has 0 radical (unpaired) electrons. The third kappa shape index (κ3) is 2.92. The highest BCUT2D eigenvalue weighted by molar-refractivity contribution is 9.10. The van der Waals surface area contributed by atoms with E-state index in [0.717, 1.165) is 23.4 Å². The van der Waals surface area contributed by atoms with Crippen LogP contribution in [0.3, 0.4) is 0 Å². The fourth-order valence-electron chi connectivity index (χ4n) is 2.05. The van der Waals surface area contributed by atoms with Crippen LogP contribution in [-0.4, -0.2) is 36.2 Å². The van der Waals surface area contributed by atoms with E-state index in [1.165, 1.54) is 5.56 Å². The highest BCUT2D eigenvalue weighted by Gasteiger charge is 2.26. The molecule has 2 atom stereocenters. The molecule has 0 spiro atoms. The van der Waals surface area contributed by atoms with Gasteiger partial charge < -0.3 is 9.64 Å². The highest BCUT2D eigenvalue weighted by atomic mass is 79.9. The molecule has 1 aliphatic heterocycles. The fraction of sp³-hybridized carbons (Fsp3) is 0.583. The van der Waals surface area contributed by atoms with Gasteiger partial charge in [0.2, 0.25) is 0 Å². The van der Waals surface area contributed by atoms with Gasteiger partial charge in [0.1, 0.15) is 5.82 Å². The average molecular weight is 320 g/mol. The summed E-state index contributed by atoms with van der Waals surface area (Å²) in [7, 11) is 0. The molecule has 1 saturated heterocycles. The molecule has 17 heavy (non-hydrogen) atoms. The largest absolute Gasteiger partial charge is 0.370 e. The van der Waals surface area contributed by atoms with Crippen LogP contribution in [0, 0.1) is 6.92 Å². The number of alkyl halides is 1. The van der Waals surface area contributed by atoms with Crippen LogP contribution in [-0.2, 0) is 4.74 Å². The summed E-state index contributed by atoms with van der Waals surface area (Å²) in [6.07, 6.45) is 2.10. The monoisotopic (exact) mass is 318 g/mol. The molecule has 1 aromatic rings. The normalized spacial score (nSPS) is 25.1. The molecule has 0 aromatic carbocycles. The lowest BCUT2D eigenvalue weighted by molar-refractivity contribution is -0.00361. The van der Waals surface area contributed by atoms with Crippen molar-refractivity contribution in [2.24, 2.45) is 0 Å². The van der Waals surface area contributed by atoms with Crippen LogP contribution in [0.4, 0.5) is 5.82 Å². The first-order valence-corrected chi connectivity index (χ1v) is 7.02. The van der Waals surface area contributed by atoms with Gasteiger partial charge in [-0.25, -0.2) is 4.98 Å². The van der Waals surface area contributed by atoms with E-state index < -0.39 is 0 Å². The highest BCUT2D eigenvalue weighted by Crippen LogP contribution is 2.29. The molecular formula is C12H16BrClN2O. The summed E-state index contributed by atoms with van der Waals surface area (Å²) >= 11 is 9.49. The zero-order valence-electron chi connectivity index (χ0n) is 9.99. The molecule has 2 unspecified atom stereocenters. The summed E-state index contributed by atoms with van der Waals surface area (Å²) in [5, 5.41) is 0. The quantitative estimate of drug-likeness (QED) is 0.784. The Balaban J connectivity index is 2.23. The second-order valence-corrected chi connectivity index (χ2v) is 5.50. The number of hydrogen-bond acceptors (Lipinski definition) is 3. The molecular weight excluding hydrogens is 304 g/mol. The van der Waals surface area contributed by atoms with Crippen LogP contribution in [0.15, 0.2) is 16.7 Å². The Hall–Kier alpha value is -0.320. The molecule has 0 aliphatic carbocycles. The SMILES string of the molecule is Cc1ccnc(N2CC(C)OC(CCl)C2)c1Br. The Morgan fingerprint density at radius 1 is 1.59 bits per heavy atom. The number of ether oxygens (including phenoxy) is 1. The van der Waals surface area contributed by atoms with E-state index in [1.807, 2.05) is 12.3 Å². The average Bonchev–Trinajstić information content (AvgIpc) is 2.31. The molecule has 0 saturated carbocycles. The number of hydrogen-bond donors (Lipinski definition) is 0. The van der Waals surface area contributed by atoms with Crippen molar-refractivity contribution in [1.82, 2.24) is 4.98 Å². The van der Waals surface area contributed by atoms with Crippen LogP contribution in [0.5, 0.6) is 0 Å². The Bertz CT molecular complexity index is 402. The third-order valence-corrected chi connectivity index (χ3v) is 4.19. The van der Waals surface area contributed by atoms with Gasteiger partial charge in [0, 0.05) is 19.3 Å². The summed E-state index contributed by atoms with van der Waals surface area (Å²) in [4.78, 5) is 6.68. The van der Waals surface area contributed by atoms with Crippen molar-refractivity contribution in [3.8, 4) is 0 Å². The van der Waals surface area contributed by atoms with Gasteiger partial charge in [-0.05, 0) is 41.4 Å². The second-order valence-electron chi connectivity index (χ2n) is 4.39. The first-order valence-electron chi connectivity index (χ1n) is 5.69. The van der Waals surface area contributed by atoms with Crippen molar-refractivity contribution in [3.05, 3.63) is 22.3 Å².